The van der Waals surface area contributed by atoms with Gasteiger partial charge in [0.15, 0.2) is 11.5 Å². The normalized spacial score (nSPS) is 13.2. The molecule has 0 saturated carbocycles. The Balaban J connectivity index is 2.24. The van der Waals surface area contributed by atoms with Crippen LogP contribution in [-0.2, 0) is 0 Å². The van der Waals surface area contributed by atoms with Crippen LogP contribution in [0.25, 0.3) is 11.1 Å². The lowest BCUT2D eigenvalue weighted by atomic mass is 10.1. The second-order valence-electron chi connectivity index (χ2n) is 3.87. The second kappa shape index (κ2) is 4.63. The Morgan fingerprint density at radius 3 is 3.06 bits per heavy atom. The number of nitrogens with one attached hydrogen (secondary N) is 1. The summed E-state index contributed by atoms with van der Waals surface area (Å²) in [5.74, 6) is 0.687. The van der Waals surface area contributed by atoms with Crippen molar-refractivity contribution in [2.24, 2.45) is 5.73 Å². The second-order valence-corrected chi connectivity index (χ2v) is 3.87. The highest BCUT2D eigenvalue weighted by Gasteiger charge is 2.08. The van der Waals surface area contributed by atoms with Crippen molar-refractivity contribution in [1.29, 1.82) is 0 Å². The van der Waals surface area contributed by atoms with Crippen LogP contribution in [0.4, 0.5) is 0 Å². The predicted molar refractivity (Wildman–Crippen MR) is 64.2 cm³/mol. The molecule has 0 amide bonds. The molecule has 0 bridgehead atoms. The van der Waals surface area contributed by atoms with Gasteiger partial charge in [0, 0.05) is 19.5 Å². The fourth-order valence-electron chi connectivity index (χ4n) is 1.71. The van der Waals surface area contributed by atoms with Crippen LogP contribution in [0, 0.1) is 6.92 Å². The van der Waals surface area contributed by atoms with Gasteiger partial charge in [-0.05, 0) is 24.2 Å². The van der Waals surface area contributed by atoms with Crippen LogP contribution in [0.3, 0.4) is 0 Å². The van der Waals surface area contributed by atoms with Crippen molar-refractivity contribution in [3.63, 3.8) is 0 Å². The van der Waals surface area contributed by atoms with Crippen LogP contribution in [0.15, 0.2) is 22.6 Å². The predicted octanol–water partition coefficient (Wildman–Crippen LogP) is 1.75. The van der Waals surface area contributed by atoms with E-state index in [1.807, 2.05) is 25.1 Å². The fourth-order valence-corrected chi connectivity index (χ4v) is 1.71. The molecule has 1 unspecified atom stereocenters. The summed E-state index contributed by atoms with van der Waals surface area (Å²) in [6.45, 7) is 5.62. The molecule has 2 aromatic rings. The number of likely N-dealkylation sites (N-methyl/N-ethyl adjacent to an activating group) is 1. The van der Waals surface area contributed by atoms with E-state index in [-0.39, 0.29) is 6.04 Å². The van der Waals surface area contributed by atoms with Gasteiger partial charge in [-0.25, -0.2) is 4.98 Å². The standard InChI is InChI=1S/C12H17N3O/c1-3-14-7-10(13)9-4-5-12-11(6-9)15-8(2)16-12/h4-6,10,14H,3,7,13H2,1-2H3. The zero-order valence-electron chi connectivity index (χ0n) is 9.66. The average Bonchev–Trinajstić information content (AvgIpc) is 2.64. The van der Waals surface area contributed by atoms with Crippen LogP contribution in [-0.4, -0.2) is 18.1 Å². The first-order chi connectivity index (χ1) is 7.70. The lowest BCUT2D eigenvalue weighted by molar-refractivity contribution is 0.561. The summed E-state index contributed by atoms with van der Waals surface area (Å²) < 4.78 is 5.42. The van der Waals surface area contributed by atoms with Gasteiger partial charge < -0.3 is 15.5 Å². The van der Waals surface area contributed by atoms with E-state index < -0.39 is 0 Å². The Labute approximate surface area is 94.8 Å². The van der Waals surface area contributed by atoms with E-state index in [9.17, 15) is 0 Å². The number of rotatable bonds is 4. The van der Waals surface area contributed by atoms with Crippen molar-refractivity contribution in [3.8, 4) is 0 Å². The summed E-state index contributed by atoms with van der Waals surface area (Å²) >= 11 is 0. The molecule has 0 radical (unpaired) electrons. The van der Waals surface area contributed by atoms with Gasteiger partial charge in [0.25, 0.3) is 0 Å². The first-order valence-electron chi connectivity index (χ1n) is 5.54. The van der Waals surface area contributed by atoms with Crippen LogP contribution in [0.1, 0.15) is 24.4 Å². The maximum absolute atomic E-state index is 6.06. The molecule has 0 aliphatic heterocycles. The van der Waals surface area contributed by atoms with E-state index in [1.165, 1.54) is 0 Å². The highest BCUT2D eigenvalue weighted by Crippen LogP contribution is 2.19. The van der Waals surface area contributed by atoms with E-state index in [4.69, 9.17) is 10.2 Å². The van der Waals surface area contributed by atoms with Crippen LogP contribution in [0.2, 0.25) is 0 Å². The summed E-state index contributed by atoms with van der Waals surface area (Å²) in [4.78, 5) is 4.29. The van der Waals surface area contributed by atoms with E-state index in [1.54, 1.807) is 0 Å². The highest BCUT2D eigenvalue weighted by molar-refractivity contribution is 5.73. The van der Waals surface area contributed by atoms with E-state index in [2.05, 4.69) is 17.2 Å². The van der Waals surface area contributed by atoms with Gasteiger partial charge in [-0.2, -0.15) is 0 Å². The van der Waals surface area contributed by atoms with Gasteiger partial charge in [-0.3, -0.25) is 0 Å². The number of nitrogens with zero attached hydrogens (tertiary/aromatic N) is 1. The molecule has 0 spiro atoms. The minimum Gasteiger partial charge on any atom is -0.441 e. The zero-order valence-corrected chi connectivity index (χ0v) is 9.66. The Morgan fingerprint density at radius 2 is 2.31 bits per heavy atom. The molecule has 1 atom stereocenters. The number of hydrogen-bond acceptors (Lipinski definition) is 4. The lowest BCUT2D eigenvalue weighted by Crippen LogP contribution is -2.26. The quantitative estimate of drug-likeness (QED) is 0.822. The molecule has 86 valence electrons. The summed E-state index contributed by atoms with van der Waals surface area (Å²) in [6, 6.07) is 5.92. The summed E-state index contributed by atoms with van der Waals surface area (Å²) in [7, 11) is 0. The molecule has 4 nitrogen and oxygen atoms in total. The molecule has 0 aliphatic carbocycles. The third-order valence-corrected chi connectivity index (χ3v) is 2.56. The fraction of sp³-hybridized carbons (Fsp3) is 0.417. The number of benzene rings is 1. The van der Waals surface area contributed by atoms with Gasteiger partial charge in [0.05, 0.1) is 0 Å². The minimum absolute atomic E-state index is 0.00126. The molecule has 4 heteroatoms. The average molecular weight is 219 g/mol. The van der Waals surface area contributed by atoms with Crippen molar-refractivity contribution in [2.75, 3.05) is 13.1 Å². The van der Waals surface area contributed by atoms with Gasteiger partial charge in [-0.1, -0.05) is 13.0 Å². The molecule has 0 fully saturated rings. The smallest absolute Gasteiger partial charge is 0.192 e. The molecule has 0 saturated heterocycles. The SMILES string of the molecule is CCNCC(N)c1ccc2oc(C)nc2c1. The van der Waals surface area contributed by atoms with Crippen LogP contribution in [0.5, 0.6) is 0 Å². The van der Waals surface area contributed by atoms with E-state index in [0.29, 0.717) is 5.89 Å². The van der Waals surface area contributed by atoms with Crippen LogP contribution < -0.4 is 11.1 Å². The van der Waals surface area contributed by atoms with Gasteiger partial charge in [0.2, 0.25) is 0 Å². The van der Waals surface area contributed by atoms with E-state index in [0.717, 1.165) is 29.8 Å². The van der Waals surface area contributed by atoms with Crippen LogP contribution >= 0.6 is 0 Å². The molecular formula is C12H17N3O. The molecular weight excluding hydrogens is 202 g/mol. The maximum atomic E-state index is 6.06. The maximum Gasteiger partial charge on any atom is 0.192 e. The van der Waals surface area contributed by atoms with Gasteiger partial charge >= 0.3 is 0 Å². The van der Waals surface area contributed by atoms with Gasteiger partial charge in [0.1, 0.15) is 5.52 Å². The molecule has 0 aliphatic rings. The number of nitrogens with two attached hydrogens (primary N) is 1. The molecule has 16 heavy (non-hydrogen) atoms. The first-order valence-corrected chi connectivity index (χ1v) is 5.54. The number of aromatic nitrogens is 1. The third-order valence-electron chi connectivity index (χ3n) is 2.56. The Hall–Kier alpha value is -1.39. The van der Waals surface area contributed by atoms with Crippen molar-refractivity contribution in [3.05, 3.63) is 29.7 Å². The summed E-state index contributed by atoms with van der Waals surface area (Å²) in [5.41, 5.74) is 8.84. The Kier molecular flexibility index (Phi) is 3.22. The van der Waals surface area contributed by atoms with Crippen molar-refractivity contribution in [2.45, 2.75) is 19.9 Å². The molecule has 1 aromatic heterocycles. The number of hydrogen-bond donors (Lipinski definition) is 2. The van der Waals surface area contributed by atoms with Crippen molar-refractivity contribution >= 4 is 11.1 Å². The molecule has 3 N–H and O–H groups in total. The topological polar surface area (TPSA) is 64.1 Å². The first kappa shape index (κ1) is 11.1. The van der Waals surface area contributed by atoms with Gasteiger partial charge in [-0.15, -0.1) is 0 Å². The van der Waals surface area contributed by atoms with Crippen molar-refractivity contribution < 1.29 is 4.42 Å². The monoisotopic (exact) mass is 219 g/mol. The third kappa shape index (κ3) is 2.23. The summed E-state index contributed by atoms with van der Waals surface area (Å²) in [6.07, 6.45) is 0. The Morgan fingerprint density at radius 1 is 1.50 bits per heavy atom. The minimum atomic E-state index is 0.00126. The lowest BCUT2D eigenvalue weighted by Gasteiger charge is -2.11. The number of fused-ring (bicyclic) bond motifs is 1. The summed E-state index contributed by atoms with van der Waals surface area (Å²) in [5, 5.41) is 3.23. The molecule has 1 heterocycles. The number of aryl methyl sites for hydroxylation is 1. The molecule has 2 rings (SSSR count). The zero-order chi connectivity index (χ0) is 11.5. The number of oxazole rings is 1. The largest absolute Gasteiger partial charge is 0.441 e. The highest BCUT2D eigenvalue weighted by atomic mass is 16.3. The van der Waals surface area contributed by atoms with E-state index >= 15 is 0 Å². The Bertz CT molecular complexity index is 478. The molecule has 1 aromatic carbocycles. The van der Waals surface area contributed by atoms with Crippen molar-refractivity contribution in [1.82, 2.24) is 10.3 Å².